The van der Waals surface area contributed by atoms with Crippen LogP contribution in [0.2, 0.25) is 0 Å². The monoisotopic (exact) mass is 333 g/mol. The summed E-state index contributed by atoms with van der Waals surface area (Å²) in [6.07, 6.45) is 2.73. The van der Waals surface area contributed by atoms with E-state index >= 15 is 0 Å². The fourth-order valence-electron chi connectivity index (χ4n) is 3.16. The zero-order valence-corrected chi connectivity index (χ0v) is 13.7. The van der Waals surface area contributed by atoms with Crippen molar-refractivity contribution >= 4 is 28.5 Å². The predicted octanol–water partition coefficient (Wildman–Crippen LogP) is 4.58. The molecule has 3 nitrogen and oxygen atoms in total. The van der Waals surface area contributed by atoms with Gasteiger partial charge in [-0.1, -0.05) is 42.5 Å². The molecule has 3 aromatic rings. The van der Waals surface area contributed by atoms with E-state index in [4.69, 9.17) is 0 Å². The highest BCUT2D eigenvalue weighted by atomic mass is 32.1. The summed E-state index contributed by atoms with van der Waals surface area (Å²) in [4.78, 5) is 25.3. The van der Waals surface area contributed by atoms with Gasteiger partial charge in [0.05, 0.1) is 5.56 Å². The van der Waals surface area contributed by atoms with Gasteiger partial charge in [0.1, 0.15) is 5.00 Å². The molecule has 0 atom stereocenters. The molecule has 0 saturated carbocycles. The van der Waals surface area contributed by atoms with Gasteiger partial charge in [-0.2, -0.15) is 0 Å². The van der Waals surface area contributed by atoms with Crippen molar-refractivity contribution in [2.24, 2.45) is 0 Å². The van der Waals surface area contributed by atoms with E-state index in [2.05, 4.69) is 17.4 Å². The summed E-state index contributed by atoms with van der Waals surface area (Å²) in [5.74, 6) is -0.189. The second kappa shape index (κ2) is 6.06. The van der Waals surface area contributed by atoms with Crippen LogP contribution in [-0.2, 0) is 12.8 Å². The minimum absolute atomic E-state index is 0.189. The number of nitrogens with one attached hydrogen (secondary N) is 1. The molecule has 0 bridgehead atoms. The molecule has 1 amide bonds. The smallest absolute Gasteiger partial charge is 0.256 e. The number of aryl methyl sites for hydroxylation is 2. The van der Waals surface area contributed by atoms with Crippen LogP contribution in [0.1, 0.15) is 31.2 Å². The van der Waals surface area contributed by atoms with Crippen LogP contribution < -0.4 is 5.32 Å². The van der Waals surface area contributed by atoms with E-state index in [-0.39, 0.29) is 5.91 Å². The largest absolute Gasteiger partial charge is 0.313 e. The lowest BCUT2D eigenvalue weighted by Crippen LogP contribution is -2.11. The average molecular weight is 333 g/mol. The van der Waals surface area contributed by atoms with E-state index in [1.54, 1.807) is 12.1 Å². The van der Waals surface area contributed by atoms with Crippen molar-refractivity contribution in [3.63, 3.8) is 0 Å². The van der Waals surface area contributed by atoms with Gasteiger partial charge in [-0.3, -0.25) is 9.59 Å². The van der Waals surface area contributed by atoms with Crippen LogP contribution >= 0.6 is 11.3 Å². The van der Waals surface area contributed by atoms with Gasteiger partial charge >= 0.3 is 0 Å². The van der Waals surface area contributed by atoms with Gasteiger partial charge in [0.2, 0.25) is 0 Å². The molecule has 24 heavy (non-hydrogen) atoms. The van der Waals surface area contributed by atoms with E-state index in [1.165, 1.54) is 21.8 Å². The first kappa shape index (κ1) is 14.8. The standard InChI is InChI=1S/C20H15NO2S/c22-12-16-18-15-9-5-4-6-13(15)10-11-17(18)24-20(16)21-19(23)14-7-2-1-3-8-14/h1-9,12H,10-11H2,(H,21,23). The zero-order valence-electron chi connectivity index (χ0n) is 12.9. The number of carbonyl (C=O) groups excluding carboxylic acids is 2. The van der Waals surface area contributed by atoms with Crippen molar-refractivity contribution in [2.75, 3.05) is 5.32 Å². The molecule has 0 saturated heterocycles. The van der Waals surface area contributed by atoms with Crippen molar-refractivity contribution in [1.29, 1.82) is 0 Å². The lowest BCUT2D eigenvalue weighted by Gasteiger charge is -2.16. The molecule has 0 radical (unpaired) electrons. The Morgan fingerprint density at radius 2 is 1.75 bits per heavy atom. The highest BCUT2D eigenvalue weighted by molar-refractivity contribution is 7.17. The summed E-state index contributed by atoms with van der Waals surface area (Å²) in [6.45, 7) is 0. The van der Waals surface area contributed by atoms with E-state index < -0.39 is 0 Å². The third-order valence-electron chi connectivity index (χ3n) is 4.31. The molecule has 0 spiro atoms. The summed E-state index contributed by atoms with van der Waals surface area (Å²) in [5, 5.41) is 3.55. The van der Waals surface area contributed by atoms with Crippen molar-refractivity contribution in [2.45, 2.75) is 12.8 Å². The number of fused-ring (bicyclic) bond motifs is 3. The average Bonchev–Trinajstić information content (AvgIpc) is 3.00. The Hall–Kier alpha value is -2.72. The molecule has 0 unspecified atom stereocenters. The number of anilines is 1. The number of hydrogen-bond donors (Lipinski definition) is 1. The van der Waals surface area contributed by atoms with Crippen molar-refractivity contribution < 1.29 is 9.59 Å². The van der Waals surface area contributed by atoms with E-state index in [1.807, 2.05) is 30.3 Å². The van der Waals surface area contributed by atoms with Crippen LogP contribution in [0.4, 0.5) is 5.00 Å². The molecule has 4 rings (SSSR count). The number of hydrogen-bond acceptors (Lipinski definition) is 3. The van der Waals surface area contributed by atoms with Gasteiger partial charge < -0.3 is 5.32 Å². The highest BCUT2D eigenvalue weighted by Gasteiger charge is 2.25. The molecule has 2 aromatic carbocycles. The maximum absolute atomic E-state index is 12.4. The Labute approximate surface area is 144 Å². The van der Waals surface area contributed by atoms with Crippen LogP contribution in [0.15, 0.2) is 54.6 Å². The van der Waals surface area contributed by atoms with E-state index in [9.17, 15) is 9.59 Å². The number of amides is 1. The van der Waals surface area contributed by atoms with Gasteiger partial charge in [-0.25, -0.2) is 0 Å². The molecule has 4 heteroatoms. The molecule has 1 N–H and O–H groups in total. The fraction of sp³-hybridized carbons (Fsp3) is 0.100. The quantitative estimate of drug-likeness (QED) is 0.713. The predicted molar refractivity (Wildman–Crippen MR) is 96.9 cm³/mol. The maximum atomic E-state index is 12.4. The first-order valence-corrected chi connectivity index (χ1v) is 8.65. The lowest BCUT2D eigenvalue weighted by atomic mass is 9.88. The van der Waals surface area contributed by atoms with Crippen LogP contribution in [0.25, 0.3) is 11.1 Å². The van der Waals surface area contributed by atoms with Gasteiger partial charge in [0.25, 0.3) is 5.91 Å². The number of benzene rings is 2. The first-order chi connectivity index (χ1) is 11.8. The number of thiophene rings is 1. The maximum Gasteiger partial charge on any atom is 0.256 e. The van der Waals surface area contributed by atoms with Gasteiger partial charge in [0, 0.05) is 16.0 Å². The number of carbonyl (C=O) groups is 2. The highest BCUT2D eigenvalue weighted by Crippen LogP contribution is 2.44. The molecule has 1 aliphatic rings. The topological polar surface area (TPSA) is 46.2 Å². The van der Waals surface area contributed by atoms with Gasteiger partial charge in [-0.05, 0) is 36.1 Å². The van der Waals surface area contributed by atoms with E-state index in [0.717, 1.165) is 30.3 Å². The molecular formula is C20H15NO2S. The summed E-state index contributed by atoms with van der Waals surface area (Å²) in [6, 6.07) is 17.2. The molecule has 0 aliphatic heterocycles. The Balaban J connectivity index is 1.76. The second-order valence-corrected chi connectivity index (χ2v) is 6.84. The summed E-state index contributed by atoms with van der Waals surface area (Å²) < 4.78 is 0. The first-order valence-electron chi connectivity index (χ1n) is 7.83. The number of aldehydes is 1. The molecule has 118 valence electrons. The zero-order chi connectivity index (χ0) is 16.5. The second-order valence-electron chi connectivity index (χ2n) is 5.74. The van der Waals surface area contributed by atoms with Crippen LogP contribution in [-0.4, -0.2) is 12.2 Å². The normalized spacial score (nSPS) is 12.2. The molecule has 1 aliphatic carbocycles. The third-order valence-corrected chi connectivity index (χ3v) is 5.49. The minimum Gasteiger partial charge on any atom is -0.313 e. The molecule has 0 fully saturated rings. The molecule has 1 aromatic heterocycles. The Morgan fingerprint density at radius 3 is 2.54 bits per heavy atom. The van der Waals surface area contributed by atoms with Crippen molar-refractivity contribution in [1.82, 2.24) is 0 Å². The van der Waals surface area contributed by atoms with Crippen molar-refractivity contribution in [3.8, 4) is 11.1 Å². The third kappa shape index (κ3) is 2.45. The number of rotatable bonds is 3. The van der Waals surface area contributed by atoms with Crippen molar-refractivity contribution in [3.05, 3.63) is 76.2 Å². The minimum atomic E-state index is -0.189. The Kier molecular flexibility index (Phi) is 3.75. The summed E-state index contributed by atoms with van der Waals surface area (Å²) >= 11 is 1.51. The molecule has 1 heterocycles. The Bertz CT molecular complexity index is 928. The molecular weight excluding hydrogens is 318 g/mol. The van der Waals surface area contributed by atoms with Gasteiger partial charge in [0.15, 0.2) is 6.29 Å². The van der Waals surface area contributed by atoms with Crippen LogP contribution in [0.5, 0.6) is 0 Å². The summed E-state index contributed by atoms with van der Waals surface area (Å²) in [5.41, 5.74) is 4.52. The Morgan fingerprint density at radius 1 is 1.00 bits per heavy atom. The fourth-order valence-corrected chi connectivity index (χ4v) is 4.34. The van der Waals surface area contributed by atoms with Gasteiger partial charge in [-0.15, -0.1) is 11.3 Å². The van der Waals surface area contributed by atoms with E-state index in [0.29, 0.717) is 16.1 Å². The van der Waals surface area contributed by atoms with Crippen LogP contribution in [0.3, 0.4) is 0 Å². The summed E-state index contributed by atoms with van der Waals surface area (Å²) in [7, 11) is 0. The SMILES string of the molecule is O=Cc1c(NC(=O)c2ccccc2)sc2c1-c1ccccc1CC2. The van der Waals surface area contributed by atoms with Crippen LogP contribution in [0, 0.1) is 0 Å². The lowest BCUT2D eigenvalue weighted by molar-refractivity contribution is 0.102.